The second kappa shape index (κ2) is 4.73. The molecule has 1 aromatic carbocycles. The Morgan fingerprint density at radius 3 is 2.41 bits per heavy atom. The van der Waals surface area contributed by atoms with Gasteiger partial charge in [-0.15, -0.1) is 0 Å². The molecular weight excluding hydrogens is 260 g/mol. The zero-order valence-electron chi connectivity index (χ0n) is 8.67. The Morgan fingerprint density at radius 1 is 1.12 bits per heavy atom. The van der Waals surface area contributed by atoms with E-state index in [-0.39, 0.29) is 4.90 Å². The molecule has 6 heteroatoms. The molecule has 0 atom stereocenters. The monoisotopic (exact) mass is 268 g/mol. The van der Waals surface area contributed by atoms with Crippen LogP contribution in [0.3, 0.4) is 0 Å². The van der Waals surface area contributed by atoms with Crippen LogP contribution in [0.2, 0.25) is 5.02 Å². The van der Waals surface area contributed by atoms with Gasteiger partial charge in [0.05, 0.1) is 0 Å². The minimum Gasteiger partial charge on any atom is -0.280 e. The molecule has 0 fully saturated rings. The van der Waals surface area contributed by atoms with Crippen LogP contribution in [0.1, 0.15) is 0 Å². The molecule has 0 amide bonds. The van der Waals surface area contributed by atoms with Gasteiger partial charge in [-0.05, 0) is 36.4 Å². The van der Waals surface area contributed by atoms with Gasteiger partial charge < -0.3 is 0 Å². The van der Waals surface area contributed by atoms with Crippen molar-refractivity contribution in [1.82, 2.24) is 4.98 Å². The van der Waals surface area contributed by atoms with E-state index in [4.69, 9.17) is 11.6 Å². The molecule has 0 saturated heterocycles. The highest BCUT2D eigenvalue weighted by Gasteiger charge is 2.13. The van der Waals surface area contributed by atoms with Crippen LogP contribution in [0, 0.1) is 0 Å². The average Bonchev–Trinajstić information content (AvgIpc) is 2.33. The number of nitrogens with zero attached hydrogens (tertiary/aromatic N) is 1. The molecular formula is C11H9ClN2O2S. The van der Waals surface area contributed by atoms with Crippen molar-refractivity contribution in [3.63, 3.8) is 0 Å². The summed E-state index contributed by atoms with van der Waals surface area (Å²) in [6.07, 6.45) is 2.81. The minimum absolute atomic E-state index is 0.120. The predicted octanol–water partition coefficient (Wildman–Crippen LogP) is 2.54. The number of nitrogens with one attached hydrogen (secondary N) is 1. The van der Waals surface area contributed by atoms with Gasteiger partial charge in [0, 0.05) is 23.1 Å². The standard InChI is InChI=1S/C11H9ClN2O2S/c12-9-3-5-10(6-4-9)14-17(15,16)11-2-1-7-13-8-11/h1-8,14H. The van der Waals surface area contributed by atoms with E-state index >= 15 is 0 Å². The first-order valence-corrected chi connectivity index (χ1v) is 6.62. The first-order valence-electron chi connectivity index (χ1n) is 4.76. The van der Waals surface area contributed by atoms with Crippen LogP contribution in [0.25, 0.3) is 0 Å². The first kappa shape index (κ1) is 11.9. The van der Waals surface area contributed by atoms with Gasteiger partial charge in [0.2, 0.25) is 0 Å². The summed E-state index contributed by atoms with van der Waals surface area (Å²) in [5, 5.41) is 0.550. The SMILES string of the molecule is O=S(=O)(Nc1ccc(Cl)cc1)c1cccnc1. The van der Waals surface area contributed by atoms with Gasteiger partial charge in [-0.25, -0.2) is 8.42 Å². The zero-order chi connectivity index (χ0) is 12.3. The van der Waals surface area contributed by atoms with Crippen molar-refractivity contribution in [1.29, 1.82) is 0 Å². The Hall–Kier alpha value is -1.59. The third kappa shape index (κ3) is 2.95. The van der Waals surface area contributed by atoms with E-state index in [1.54, 1.807) is 30.3 Å². The number of pyridine rings is 1. The number of anilines is 1. The number of benzene rings is 1. The van der Waals surface area contributed by atoms with Crippen LogP contribution in [0.4, 0.5) is 5.69 Å². The predicted molar refractivity (Wildman–Crippen MR) is 66.5 cm³/mol. The number of rotatable bonds is 3. The maximum atomic E-state index is 11.9. The molecule has 0 aliphatic rings. The highest BCUT2D eigenvalue weighted by atomic mass is 35.5. The van der Waals surface area contributed by atoms with Gasteiger partial charge in [0.1, 0.15) is 4.90 Å². The van der Waals surface area contributed by atoms with Crippen molar-refractivity contribution in [2.75, 3.05) is 4.72 Å². The Balaban J connectivity index is 2.27. The van der Waals surface area contributed by atoms with E-state index in [1.165, 1.54) is 18.5 Å². The highest BCUT2D eigenvalue weighted by Crippen LogP contribution is 2.17. The second-order valence-electron chi connectivity index (χ2n) is 3.30. The lowest BCUT2D eigenvalue weighted by Crippen LogP contribution is -2.12. The largest absolute Gasteiger partial charge is 0.280 e. The summed E-state index contributed by atoms with van der Waals surface area (Å²) < 4.78 is 26.2. The number of sulfonamides is 1. The molecule has 4 nitrogen and oxygen atoms in total. The molecule has 0 bridgehead atoms. The first-order chi connectivity index (χ1) is 8.08. The summed E-state index contributed by atoms with van der Waals surface area (Å²) in [5.74, 6) is 0. The summed E-state index contributed by atoms with van der Waals surface area (Å²) in [5.41, 5.74) is 0.457. The Kier molecular flexibility index (Phi) is 3.31. The average molecular weight is 269 g/mol. The Morgan fingerprint density at radius 2 is 1.82 bits per heavy atom. The van der Waals surface area contributed by atoms with E-state index in [0.29, 0.717) is 10.7 Å². The van der Waals surface area contributed by atoms with Crippen molar-refractivity contribution in [2.24, 2.45) is 0 Å². The van der Waals surface area contributed by atoms with E-state index in [0.717, 1.165) is 0 Å². The van der Waals surface area contributed by atoms with Gasteiger partial charge in [-0.3, -0.25) is 9.71 Å². The quantitative estimate of drug-likeness (QED) is 0.931. The highest BCUT2D eigenvalue weighted by molar-refractivity contribution is 7.92. The van der Waals surface area contributed by atoms with Gasteiger partial charge >= 0.3 is 0 Å². The van der Waals surface area contributed by atoms with E-state index in [9.17, 15) is 8.42 Å². The molecule has 88 valence electrons. The third-order valence-electron chi connectivity index (χ3n) is 2.04. The van der Waals surface area contributed by atoms with Crippen molar-refractivity contribution in [3.8, 4) is 0 Å². The smallest absolute Gasteiger partial charge is 0.263 e. The second-order valence-corrected chi connectivity index (χ2v) is 5.42. The summed E-state index contributed by atoms with van der Waals surface area (Å²) >= 11 is 5.71. The summed E-state index contributed by atoms with van der Waals surface area (Å²) in [6, 6.07) is 9.46. The lowest BCUT2D eigenvalue weighted by molar-refractivity contribution is 0.601. The normalized spacial score (nSPS) is 11.1. The van der Waals surface area contributed by atoms with Crippen LogP contribution in [0.15, 0.2) is 53.7 Å². The number of halogens is 1. The van der Waals surface area contributed by atoms with E-state index < -0.39 is 10.0 Å². The lowest BCUT2D eigenvalue weighted by Gasteiger charge is -2.07. The molecule has 0 radical (unpaired) electrons. The van der Waals surface area contributed by atoms with Crippen LogP contribution >= 0.6 is 11.6 Å². The van der Waals surface area contributed by atoms with Gasteiger partial charge in [-0.2, -0.15) is 0 Å². The maximum absolute atomic E-state index is 11.9. The van der Waals surface area contributed by atoms with Crippen LogP contribution in [-0.2, 0) is 10.0 Å². The number of hydrogen-bond donors (Lipinski definition) is 1. The number of hydrogen-bond acceptors (Lipinski definition) is 3. The van der Waals surface area contributed by atoms with Gasteiger partial charge in [0.15, 0.2) is 0 Å². The molecule has 0 aliphatic heterocycles. The summed E-state index contributed by atoms with van der Waals surface area (Å²) in [4.78, 5) is 3.89. The Bertz CT molecular complexity index is 597. The van der Waals surface area contributed by atoms with Crippen molar-refractivity contribution in [3.05, 3.63) is 53.8 Å². The molecule has 0 saturated carbocycles. The van der Waals surface area contributed by atoms with Crippen LogP contribution < -0.4 is 4.72 Å². The molecule has 1 heterocycles. The fourth-order valence-corrected chi connectivity index (χ4v) is 2.39. The third-order valence-corrected chi connectivity index (χ3v) is 3.66. The molecule has 0 aliphatic carbocycles. The fourth-order valence-electron chi connectivity index (χ4n) is 1.24. The lowest BCUT2D eigenvalue weighted by atomic mass is 10.3. The molecule has 2 aromatic rings. The van der Waals surface area contributed by atoms with Crippen molar-refractivity contribution < 1.29 is 8.42 Å². The molecule has 0 spiro atoms. The molecule has 1 aromatic heterocycles. The van der Waals surface area contributed by atoms with E-state index in [2.05, 4.69) is 9.71 Å². The molecule has 0 unspecified atom stereocenters. The molecule has 1 N–H and O–H groups in total. The fraction of sp³-hybridized carbons (Fsp3) is 0. The Labute approximate surface area is 104 Å². The minimum atomic E-state index is -3.58. The maximum Gasteiger partial charge on any atom is 0.263 e. The van der Waals surface area contributed by atoms with E-state index in [1.807, 2.05) is 0 Å². The van der Waals surface area contributed by atoms with Crippen molar-refractivity contribution in [2.45, 2.75) is 4.90 Å². The topological polar surface area (TPSA) is 59.1 Å². The molecule has 17 heavy (non-hydrogen) atoms. The zero-order valence-corrected chi connectivity index (χ0v) is 10.2. The molecule has 2 rings (SSSR count). The summed E-state index contributed by atoms with van der Waals surface area (Å²) in [6.45, 7) is 0. The van der Waals surface area contributed by atoms with Crippen LogP contribution in [-0.4, -0.2) is 13.4 Å². The summed E-state index contributed by atoms with van der Waals surface area (Å²) in [7, 11) is -3.58. The van der Waals surface area contributed by atoms with Gasteiger partial charge in [-0.1, -0.05) is 11.6 Å². The van der Waals surface area contributed by atoms with Crippen LogP contribution in [0.5, 0.6) is 0 Å². The van der Waals surface area contributed by atoms with Crippen molar-refractivity contribution >= 4 is 27.3 Å². The number of aromatic nitrogens is 1. The van der Waals surface area contributed by atoms with Gasteiger partial charge in [0.25, 0.3) is 10.0 Å².